The lowest BCUT2D eigenvalue weighted by Gasteiger charge is -2.46. The first-order chi connectivity index (χ1) is 14.6. The number of furan rings is 1. The minimum atomic E-state index is -0.352. The van der Waals surface area contributed by atoms with Gasteiger partial charge in [-0.05, 0) is 12.5 Å². The molecule has 162 valence electrons. The average Bonchev–Trinajstić information content (AvgIpc) is 3.12. The zero-order valence-corrected chi connectivity index (χ0v) is 18.2. The topological polar surface area (TPSA) is 57.0 Å². The van der Waals surface area contributed by atoms with Crippen molar-refractivity contribution in [3.05, 3.63) is 35.6 Å². The Morgan fingerprint density at radius 3 is 2.70 bits per heavy atom. The molecule has 30 heavy (non-hydrogen) atoms. The summed E-state index contributed by atoms with van der Waals surface area (Å²) in [4.78, 5) is 31.7. The molecule has 6 heteroatoms. The smallest absolute Gasteiger partial charge is 0.247 e. The summed E-state index contributed by atoms with van der Waals surface area (Å²) in [5.74, 6) is 1.23. The lowest BCUT2D eigenvalue weighted by atomic mass is 10.0. The number of rotatable bonds is 8. The quantitative estimate of drug-likeness (QED) is 0.625. The monoisotopic (exact) mass is 411 g/mol. The molecular weight excluding hydrogens is 378 g/mol. The van der Waals surface area contributed by atoms with Crippen molar-refractivity contribution in [2.45, 2.75) is 58.5 Å². The molecule has 0 aliphatic carbocycles. The Bertz CT molecular complexity index is 906. The maximum atomic E-state index is 13.1. The van der Waals surface area contributed by atoms with Gasteiger partial charge in [0.1, 0.15) is 17.4 Å². The second kappa shape index (κ2) is 9.21. The van der Waals surface area contributed by atoms with Crippen LogP contribution in [0.2, 0.25) is 0 Å². The van der Waals surface area contributed by atoms with E-state index in [1.807, 2.05) is 18.2 Å². The predicted molar refractivity (Wildman–Crippen MR) is 117 cm³/mol. The van der Waals surface area contributed by atoms with Gasteiger partial charge in [-0.25, -0.2) is 0 Å². The van der Waals surface area contributed by atoms with Crippen molar-refractivity contribution in [2.24, 2.45) is 0 Å². The van der Waals surface area contributed by atoms with Crippen molar-refractivity contribution in [3.63, 3.8) is 0 Å². The zero-order valence-electron chi connectivity index (χ0n) is 18.2. The van der Waals surface area contributed by atoms with E-state index in [2.05, 4.69) is 24.8 Å². The van der Waals surface area contributed by atoms with Crippen LogP contribution < -0.4 is 0 Å². The van der Waals surface area contributed by atoms with Crippen LogP contribution in [0.5, 0.6) is 0 Å². The fourth-order valence-electron chi connectivity index (χ4n) is 4.79. The van der Waals surface area contributed by atoms with E-state index in [9.17, 15) is 9.59 Å². The average molecular weight is 412 g/mol. The molecule has 6 nitrogen and oxygen atoms in total. The molecule has 0 saturated carbocycles. The van der Waals surface area contributed by atoms with Gasteiger partial charge in [0.15, 0.2) is 0 Å². The van der Waals surface area contributed by atoms with Crippen LogP contribution in [0.15, 0.2) is 28.7 Å². The highest BCUT2D eigenvalue weighted by Gasteiger charge is 2.42. The van der Waals surface area contributed by atoms with E-state index in [1.165, 1.54) is 18.4 Å². The number of nitrogens with zero attached hydrogens (tertiary/aromatic N) is 3. The van der Waals surface area contributed by atoms with Gasteiger partial charge in [0.05, 0.1) is 6.54 Å². The van der Waals surface area contributed by atoms with Crippen molar-refractivity contribution in [1.29, 1.82) is 0 Å². The maximum Gasteiger partial charge on any atom is 0.247 e. The molecule has 1 atom stereocenters. The summed E-state index contributed by atoms with van der Waals surface area (Å²) in [6.07, 6.45) is 5.28. The number of amides is 2. The number of hydrogen-bond donors (Lipinski definition) is 0. The van der Waals surface area contributed by atoms with Crippen LogP contribution in [-0.4, -0.2) is 65.3 Å². The molecule has 1 unspecified atom stereocenters. The number of hydrogen-bond acceptors (Lipinski definition) is 4. The second-order valence-electron chi connectivity index (χ2n) is 8.51. The molecule has 0 bridgehead atoms. The highest BCUT2D eigenvalue weighted by atomic mass is 16.3. The molecule has 2 fully saturated rings. The molecule has 1 aromatic heterocycles. The van der Waals surface area contributed by atoms with Crippen LogP contribution in [0.4, 0.5) is 0 Å². The molecule has 2 amide bonds. The number of carbonyl (C=O) groups is 2. The Labute approximate surface area is 178 Å². The lowest BCUT2D eigenvalue weighted by Crippen LogP contribution is -2.66. The minimum Gasteiger partial charge on any atom is -0.461 e. The summed E-state index contributed by atoms with van der Waals surface area (Å²) < 4.78 is 6.05. The standard InChI is InChI=1S/C24H33N3O3/c1-3-5-6-9-12-26-17-23(28)27-14-13-25(16-20(27)24(26)29)15-19-18-10-7-8-11-22(18)30-21(19)4-2/h7-8,10-11,20H,3-6,9,12-17H2,1-2H3. The van der Waals surface area contributed by atoms with Crippen LogP contribution in [0, 0.1) is 0 Å². The zero-order chi connectivity index (χ0) is 21.1. The number of carbonyl (C=O) groups excluding carboxylic acids is 2. The van der Waals surface area contributed by atoms with Crippen LogP contribution in [0.1, 0.15) is 50.9 Å². The summed E-state index contributed by atoms with van der Waals surface area (Å²) in [7, 11) is 0. The van der Waals surface area contributed by atoms with Gasteiger partial charge in [0.25, 0.3) is 0 Å². The fourth-order valence-corrected chi connectivity index (χ4v) is 4.79. The highest BCUT2D eigenvalue weighted by molar-refractivity contribution is 5.95. The van der Waals surface area contributed by atoms with E-state index in [1.54, 1.807) is 9.80 Å². The summed E-state index contributed by atoms with van der Waals surface area (Å²) in [6.45, 7) is 7.98. The molecule has 0 spiro atoms. The normalized spacial score (nSPS) is 20.3. The molecule has 2 aliphatic rings. The van der Waals surface area contributed by atoms with Crippen molar-refractivity contribution in [3.8, 4) is 0 Å². The maximum absolute atomic E-state index is 13.1. The molecule has 0 N–H and O–H groups in total. The molecule has 2 aromatic rings. The number of benzene rings is 1. The molecule has 2 saturated heterocycles. The van der Waals surface area contributed by atoms with Crippen LogP contribution >= 0.6 is 0 Å². The largest absolute Gasteiger partial charge is 0.461 e. The van der Waals surface area contributed by atoms with E-state index in [4.69, 9.17) is 4.42 Å². The van der Waals surface area contributed by atoms with Gasteiger partial charge in [0, 0.05) is 50.1 Å². The van der Waals surface area contributed by atoms with E-state index in [0.29, 0.717) is 19.6 Å². The molecule has 3 heterocycles. The van der Waals surface area contributed by atoms with E-state index in [-0.39, 0.29) is 24.4 Å². The SMILES string of the molecule is CCCCCCN1CC(=O)N2CCN(Cc3c(CC)oc4ccccc34)CC2C1=O. The predicted octanol–water partition coefficient (Wildman–Crippen LogP) is 3.43. The lowest BCUT2D eigenvalue weighted by molar-refractivity contribution is -0.159. The Morgan fingerprint density at radius 2 is 1.90 bits per heavy atom. The number of unbranched alkanes of at least 4 members (excludes halogenated alkanes) is 3. The van der Waals surface area contributed by atoms with Crippen LogP contribution in [0.3, 0.4) is 0 Å². The third-order valence-corrected chi connectivity index (χ3v) is 6.47. The van der Waals surface area contributed by atoms with Gasteiger partial charge in [-0.15, -0.1) is 0 Å². The Morgan fingerprint density at radius 1 is 1.07 bits per heavy atom. The van der Waals surface area contributed by atoms with Gasteiger partial charge in [-0.3, -0.25) is 14.5 Å². The molecule has 4 rings (SSSR count). The van der Waals surface area contributed by atoms with Crippen LogP contribution in [0.25, 0.3) is 11.0 Å². The van der Waals surface area contributed by atoms with E-state index in [0.717, 1.165) is 49.1 Å². The van der Waals surface area contributed by atoms with Crippen molar-refractivity contribution in [2.75, 3.05) is 32.7 Å². The number of para-hydroxylation sites is 1. The second-order valence-corrected chi connectivity index (χ2v) is 8.51. The van der Waals surface area contributed by atoms with Gasteiger partial charge in [-0.2, -0.15) is 0 Å². The molecule has 0 radical (unpaired) electrons. The summed E-state index contributed by atoms with van der Waals surface area (Å²) in [5.41, 5.74) is 2.14. The van der Waals surface area contributed by atoms with Gasteiger partial charge >= 0.3 is 0 Å². The highest BCUT2D eigenvalue weighted by Crippen LogP contribution is 2.29. The summed E-state index contributed by atoms with van der Waals surface area (Å²) >= 11 is 0. The third kappa shape index (κ3) is 4.10. The van der Waals surface area contributed by atoms with Gasteiger partial charge in [0.2, 0.25) is 11.8 Å². The van der Waals surface area contributed by atoms with Gasteiger partial charge in [-0.1, -0.05) is 51.3 Å². The molecule has 2 aliphatic heterocycles. The molecular formula is C24H33N3O3. The first kappa shape index (κ1) is 20.9. The molecule has 1 aromatic carbocycles. The van der Waals surface area contributed by atoms with Crippen molar-refractivity contribution < 1.29 is 14.0 Å². The first-order valence-electron chi connectivity index (χ1n) is 11.4. The fraction of sp³-hybridized carbons (Fsp3) is 0.583. The number of fused-ring (bicyclic) bond motifs is 2. The Hall–Kier alpha value is -2.34. The summed E-state index contributed by atoms with van der Waals surface area (Å²) in [5, 5.41) is 1.15. The minimum absolute atomic E-state index is 0.0951. The Kier molecular flexibility index (Phi) is 6.42. The van der Waals surface area contributed by atoms with Gasteiger partial charge < -0.3 is 14.2 Å². The van der Waals surface area contributed by atoms with Crippen molar-refractivity contribution in [1.82, 2.24) is 14.7 Å². The third-order valence-electron chi connectivity index (χ3n) is 6.47. The summed E-state index contributed by atoms with van der Waals surface area (Å²) in [6, 6.07) is 7.80. The van der Waals surface area contributed by atoms with Crippen LogP contribution in [-0.2, 0) is 22.6 Å². The van der Waals surface area contributed by atoms with E-state index >= 15 is 0 Å². The number of piperazine rings is 2. The van der Waals surface area contributed by atoms with E-state index < -0.39 is 0 Å². The van der Waals surface area contributed by atoms with Crippen molar-refractivity contribution >= 4 is 22.8 Å². The number of aryl methyl sites for hydroxylation is 1. The Balaban J connectivity index is 1.46. The first-order valence-corrected chi connectivity index (χ1v) is 11.4.